The topological polar surface area (TPSA) is 53.7 Å². The molecule has 1 amide bonds. The smallest absolute Gasteiger partial charge is 0.227 e. The normalized spacial score (nSPS) is 14.9. The Morgan fingerprint density at radius 3 is 2.64 bits per heavy atom. The summed E-state index contributed by atoms with van der Waals surface area (Å²) in [5.41, 5.74) is 3.13. The van der Waals surface area contributed by atoms with Gasteiger partial charge in [-0.05, 0) is 30.2 Å². The molecule has 1 aromatic carbocycles. The van der Waals surface area contributed by atoms with E-state index in [1.807, 2.05) is 39.6 Å². The van der Waals surface area contributed by atoms with Crippen molar-refractivity contribution in [3.8, 4) is 0 Å². The lowest BCUT2D eigenvalue weighted by Gasteiger charge is -2.36. The number of benzene rings is 1. The number of pyridine rings is 1. The Labute approximate surface area is 146 Å². The highest BCUT2D eigenvalue weighted by Crippen LogP contribution is 2.18. The maximum atomic E-state index is 12.6. The summed E-state index contributed by atoms with van der Waals surface area (Å²) in [6, 6.07) is 14.1. The zero-order chi connectivity index (χ0) is 17.2. The van der Waals surface area contributed by atoms with Crippen molar-refractivity contribution in [2.24, 2.45) is 0 Å². The van der Waals surface area contributed by atoms with Crippen molar-refractivity contribution in [1.29, 1.82) is 0 Å². The largest absolute Gasteiger partial charge is 0.354 e. The fraction of sp³-hybridized carbons (Fsp3) is 0.316. The van der Waals surface area contributed by atoms with Crippen LogP contribution >= 0.6 is 0 Å². The standard InChI is InChI=1S/C19H21N5O/c1-15-5-2-3-6-16(15)13-19(25)23-11-9-22(10-12-23)18-8-4-7-17-21-20-14-24(17)18/h2-8,14H,9-13H2,1H3. The van der Waals surface area contributed by atoms with Crippen LogP contribution in [0.2, 0.25) is 0 Å². The molecule has 2 aromatic heterocycles. The fourth-order valence-electron chi connectivity index (χ4n) is 3.36. The lowest BCUT2D eigenvalue weighted by atomic mass is 10.1. The zero-order valence-corrected chi connectivity index (χ0v) is 14.3. The summed E-state index contributed by atoms with van der Waals surface area (Å²) in [6.45, 7) is 5.17. The van der Waals surface area contributed by atoms with Gasteiger partial charge in [-0.25, -0.2) is 0 Å². The average Bonchev–Trinajstić information content (AvgIpc) is 3.12. The van der Waals surface area contributed by atoms with Crippen LogP contribution in [0, 0.1) is 6.92 Å². The minimum absolute atomic E-state index is 0.205. The van der Waals surface area contributed by atoms with Crippen LogP contribution in [-0.2, 0) is 11.2 Å². The lowest BCUT2D eigenvalue weighted by molar-refractivity contribution is -0.130. The van der Waals surface area contributed by atoms with Crippen LogP contribution in [0.25, 0.3) is 5.65 Å². The van der Waals surface area contributed by atoms with Crippen molar-refractivity contribution >= 4 is 17.4 Å². The second-order valence-corrected chi connectivity index (χ2v) is 6.41. The Balaban J connectivity index is 1.42. The lowest BCUT2D eigenvalue weighted by Crippen LogP contribution is -2.49. The van der Waals surface area contributed by atoms with Gasteiger partial charge in [-0.3, -0.25) is 9.20 Å². The van der Waals surface area contributed by atoms with E-state index in [4.69, 9.17) is 0 Å². The predicted molar refractivity (Wildman–Crippen MR) is 96.7 cm³/mol. The average molecular weight is 335 g/mol. The summed E-state index contributed by atoms with van der Waals surface area (Å²) in [6.07, 6.45) is 2.22. The molecule has 128 valence electrons. The summed E-state index contributed by atoms with van der Waals surface area (Å²) >= 11 is 0. The van der Waals surface area contributed by atoms with Crippen LogP contribution in [0.3, 0.4) is 0 Å². The Kier molecular flexibility index (Phi) is 4.09. The molecule has 1 aliphatic rings. The third-order valence-electron chi connectivity index (χ3n) is 4.87. The second-order valence-electron chi connectivity index (χ2n) is 6.41. The van der Waals surface area contributed by atoms with E-state index >= 15 is 0 Å². The summed E-state index contributed by atoms with van der Waals surface area (Å²) in [4.78, 5) is 16.9. The van der Waals surface area contributed by atoms with Gasteiger partial charge in [-0.2, -0.15) is 0 Å². The number of hydrogen-bond acceptors (Lipinski definition) is 4. The van der Waals surface area contributed by atoms with Crippen LogP contribution in [0.5, 0.6) is 0 Å². The van der Waals surface area contributed by atoms with E-state index in [2.05, 4.69) is 34.2 Å². The summed E-state index contributed by atoms with van der Waals surface area (Å²) < 4.78 is 1.99. The molecule has 0 N–H and O–H groups in total. The van der Waals surface area contributed by atoms with Gasteiger partial charge in [-0.1, -0.05) is 30.3 Å². The van der Waals surface area contributed by atoms with Gasteiger partial charge in [-0.15, -0.1) is 10.2 Å². The molecule has 6 nitrogen and oxygen atoms in total. The van der Waals surface area contributed by atoms with E-state index in [9.17, 15) is 4.79 Å². The van der Waals surface area contributed by atoms with Gasteiger partial charge >= 0.3 is 0 Å². The molecule has 0 bridgehead atoms. The number of carbonyl (C=O) groups is 1. The molecule has 0 atom stereocenters. The van der Waals surface area contributed by atoms with E-state index in [0.29, 0.717) is 6.42 Å². The molecule has 1 saturated heterocycles. The highest BCUT2D eigenvalue weighted by Gasteiger charge is 2.22. The molecule has 4 rings (SSSR count). The number of carbonyl (C=O) groups excluding carboxylic acids is 1. The highest BCUT2D eigenvalue weighted by molar-refractivity contribution is 5.79. The number of aryl methyl sites for hydroxylation is 1. The number of hydrogen-bond donors (Lipinski definition) is 0. The molecular weight excluding hydrogens is 314 g/mol. The van der Waals surface area contributed by atoms with Gasteiger partial charge in [0.05, 0.1) is 6.42 Å². The molecular formula is C19H21N5O. The molecule has 0 saturated carbocycles. The first-order valence-electron chi connectivity index (χ1n) is 8.58. The van der Waals surface area contributed by atoms with Gasteiger partial charge in [0.1, 0.15) is 12.1 Å². The Hall–Kier alpha value is -2.89. The molecule has 0 unspecified atom stereocenters. The number of piperazine rings is 1. The number of aromatic nitrogens is 3. The number of nitrogens with zero attached hydrogens (tertiary/aromatic N) is 5. The van der Waals surface area contributed by atoms with Crippen LogP contribution < -0.4 is 4.90 Å². The molecule has 0 aliphatic carbocycles. The summed E-state index contributed by atoms with van der Waals surface area (Å²) in [7, 11) is 0. The maximum absolute atomic E-state index is 12.6. The van der Waals surface area contributed by atoms with E-state index < -0.39 is 0 Å². The molecule has 3 aromatic rings. The number of rotatable bonds is 3. The van der Waals surface area contributed by atoms with Crippen molar-refractivity contribution in [1.82, 2.24) is 19.5 Å². The van der Waals surface area contributed by atoms with Crippen LogP contribution in [0.15, 0.2) is 48.8 Å². The minimum Gasteiger partial charge on any atom is -0.354 e. The van der Waals surface area contributed by atoms with Crippen molar-refractivity contribution < 1.29 is 4.79 Å². The Morgan fingerprint density at radius 1 is 1.04 bits per heavy atom. The van der Waals surface area contributed by atoms with Crippen molar-refractivity contribution in [3.63, 3.8) is 0 Å². The number of fused-ring (bicyclic) bond motifs is 1. The van der Waals surface area contributed by atoms with Crippen LogP contribution in [-0.4, -0.2) is 51.6 Å². The first-order valence-corrected chi connectivity index (χ1v) is 8.58. The second kappa shape index (κ2) is 6.55. The van der Waals surface area contributed by atoms with Crippen molar-refractivity contribution in [2.75, 3.05) is 31.1 Å². The summed E-state index contributed by atoms with van der Waals surface area (Å²) in [5, 5.41) is 8.07. The van der Waals surface area contributed by atoms with Gasteiger partial charge in [0, 0.05) is 26.2 Å². The molecule has 0 spiro atoms. The molecule has 25 heavy (non-hydrogen) atoms. The fourth-order valence-corrected chi connectivity index (χ4v) is 3.36. The quantitative estimate of drug-likeness (QED) is 0.734. The number of amides is 1. The third-order valence-corrected chi connectivity index (χ3v) is 4.87. The van der Waals surface area contributed by atoms with Gasteiger partial charge in [0.2, 0.25) is 5.91 Å². The van der Waals surface area contributed by atoms with Gasteiger partial charge in [0.15, 0.2) is 5.65 Å². The van der Waals surface area contributed by atoms with Crippen LogP contribution in [0.4, 0.5) is 5.82 Å². The predicted octanol–water partition coefficient (Wildman–Crippen LogP) is 1.93. The van der Waals surface area contributed by atoms with Crippen LogP contribution in [0.1, 0.15) is 11.1 Å². The third kappa shape index (κ3) is 3.07. The van der Waals surface area contributed by atoms with E-state index in [1.54, 1.807) is 6.33 Å². The monoisotopic (exact) mass is 335 g/mol. The molecule has 3 heterocycles. The van der Waals surface area contributed by atoms with Crippen molar-refractivity contribution in [2.45, 2.75) is 13.3 Å². The first kappa shape index (κ1) is 15.6. The first-order chi connectivity index (χ1) is 12.2. The maximum Gasteiger partial charge on any atom is 0.227 e. The highest BCUT2D eigenvalue weighted by atomic mass is 16.2. The van der Waals surface area contributed by atoms with E-state index in [0.717, 1.165) is 43.2 Å². The Bertz CT molecular complexity index is 895. The SMILES string of the molecule is Cc1ccccc1CC(=O)N1CCN(c2cccc3nncn23)CC1. The summed E-state index contributed by atoms with van der Waals surface area (Å²) in [5.74, 6) is 1.28. The van der Waals surface area contributed by atoms with E-state index in [1.165, 1.54) is 5.56 Å². The van der Waals surface area contributed by atoms with Crippen molar-refractivity contribution in [3.05, 3.63) is 59.9 Å². The molecule has 0 radical (unpaired) electrons. The van der Waals surface area contributed by atoms with E-state index in [-0.39, 0.29) is 5.91 Å². The molecule has 1 aliphatic heterocycles. The Morgan fingerprint density at radius 2 is 1.84 bits per heavy atom. The van der Waals surface area contributed by atoms with Gasteiger partial charge < -0.3 is 9.80 Å². The molecule has 6 heteroatoms. The molecule has 1 fully saturated rings. The minimum atomic E-state index is 0.205. The zero-order valence-electron chi connectivity index (χ0n) is 14.3. The van der Waals surface area contributed by atoms with Gasteiger partial charge in [0.25, 0.3) is 0 Å². The number of anilines is 1.